The Morgan fingerprint density at radius 2 is 2.44 bits per heavy atom. The summed E-state index contributed by atoms with van der Waals surface area (Å²) in [5, 5.41) is 16.5. The van der Waals surface area contributed by atoms with E-state index in [1.165, 1.54) is 0 Å². The first-order valence-corrected chi connectivity index (χ1v) is 2.53. The minimum Gasteiger partial charge on any atom is -0.501 e. The van der Waals surface area contributed by atoms with Gasteiger partial charge in [0.15, 0.2) is 5.90 Å². The molecule has 0 amide bonds. The van der Waals surface area contributed by atoms with Crippen molar-refractivity contribution in [2.24, 2.45) is 4.99 Å². The maximum atomic E-state index is 8.24. The lowest BCUT2D eigenvalue weighted by Crippen LogP contribution is -2.20. The molecule has 9 heavy (non-hydrogen) atoms. The molecule has 0 saturated heterocycles. The van der Waals surface area contributed by atoms with E-state index in [0.717, 1.165) is 0 Å². The lowest BCUT2D eigenvalue weighted by Gasteiger charge is -2.00. The molecule has 0 aromatic rings. The minimum atomic E-state index is -1.75. The first-order valence-electron chi connectivity index (χ1n) is 2.53. The normalized spacial score (nSPS) is 15.6. The van der Waals surface area contributed by atoms with Crippen LogP contribution in [-0.2, 0) is 4.65 Å². The number of nitrogens with zero attached hydrogens (tertiary/aromatic N) is 1. The average molecular weight is 127 g/mol. The van der Waals surface area contributed by atoms with Crippen molar-refractivity contribution in [1.29, 1.82) is 0 Å². The zero-order valence-corrected chi connectivity index (χ0v) is 4.69. The van der Waals surface area contributed by atoms with Crippen molar-refractivity contribution in [3.8, 4) is 0 Å². The van der Waals surface area contributed by atoms with Crippen LogP contribution in [-0.4, -0.2) is 23.3 Å². The maximum Gasteiger partial charge on any atom is 0.708 e. The van der Waals surface area contributed by atoms with Crippen molar-refractivity contribution >= 4 is 13.2 Å². The molecule has 1 aliphatic rings. The van der Waals surface area contributed by atoms with Crippen LogP contribution < -0.4 is 0 Å². The standard InChI is InChI=1S/C4H6BNO3/c7-5(8)9-4-2-1-3-6-4/h1,3,7-8H,2H2. The quantitative estimate of drug-likeness (QED) is 0.457. The molecule has 0 radical (unpaired) electrons. The summed E-state index contributed by atoms with van der Waals surface area (Å²) < 4.78 is 4.41. The molecule has 0 unspecified atom stereocenters. The van der Waals surface area contributed by atoms with Gasteiger partial charge in [-0.2, -0.15) is 0 Å². The zero-order valence-electron chi connectivity index (χ0n) is 4.69. The van der Waals surface area contributed by atoms with Crippen molar-refractivity contribution in [3.63, 3.8) is 0 Å². The molecule has 0 aromatic carbocycles. The van der Waals surface area contributed by atoms with E-state index in [2.05, 4.69) is 9.65 Å². The fourth-order valence-corrected chi connectivity index (χ4v) is 0.542. The van der Waals surface area contributed by atoms with E-state index in [1.807, 2.05) is 0 Å². The predicted molar refractivity (Wildman–Crippen MR) is 32.5 cm³/mol. The number of hydrogen-bond donors (Lipinski definition) is 2. The molecule has 1 heterocycles. The van der Waals surface area contributed by atoms with E-state index in [1.54, 1.807) is 12.3 Å². The highest BCUT2D eigenvalue weighted by molar-refractivity contribution is 6.36. The van der Waals surface area contributed by atoms with Gasteiger partial charge in [-0.05, 0) is 0 Å². The third kappa shape index (κ3) is 1.87. The fourth-order valence-electron chi connectivity index (χ4n) is 0.542. The Labute approximate surface area is 52.7 Å². The van der Waals surface area contributed by atoms with Gasteiger partial charge in [0.2, 0.25) is 0 Å². The summed E-state index contributed by atoms with van der Waals surface area (Å²) in [6, 6.07) is 0. The van der Waals surface area contributed by atoms with Gasteiger partial charge in [-0.15, -0.1) is 0 Å². The van der Waals surface area contributed by atoms with Gasteiger partial charge in [-0.25, -0.2) is 4.99 Å². The molecule has 0 atom stereocenters. The van der Waals surface area contributed by atoms with Crippen LogP contribution in [0, 0.1) is 0 Å². The fraction of sp³-hybridized carbons (Fsp3) is 0.250. The summed E-state index contributed by atoms with van der Waals surface area (Å²) in [5.41, 5.74) is 0. The summed E-state index contributed by atoms with van der Waals surface area (Å²) in [6.07, 6.45) is 3.85. The van der Waals surface area contributed by atoms with Crippen LogP contribution in [0.1, 0.15) is 6.42 Å². The van der Waals surface area contributed by atoms with Crippen LogP contribution in [0.25, 0.3) is 0 Å². The first-order chi connectivity index (χ1) is 4.29. The molecule has 0 aromatic heterocycles. The van der Waals surface area contributed by atoms with Gasteiger partial charge in [0, 0.05) is 12.6 Å². The molecule has 1 aliphatic heterocycles. The molecule has 5 heteroatoms. The van der Waals surface area contributed by atoms with Crippen molar-refractivity contribution in [3.05, 3.63) is 12.3 Å². The SMILES string of the molecule is OB(O)OC1=NC=CC1. The minimum absolute atomic E-state index is 0.338. The van der Waals surface area contributed by atoms with Gasteiger partial charge in [0.1, 0.15) is 0 Å². The molecule has 0 bridgehead atoms. The van der Waals surface area contributed by atoms with E-state index in [9.17, 15) is 0 Å². The predicted octanol–water partition coefficient (Wildman–Crippen LogP) is -0.712. The molecule has 0 saturated carbocycles. The molecule has 2 N–H and O–H groups in total. The number of aliphatic imine (C=N–C) groups is 1. The smallest absolute Gasteiger partial charge is 0.501 e. The summed E-state index contributed by atoms with van der Waals surface area (Å²) in [5.74, 6) is 0.338. The lowest BCUT2D eigenvalue weighted by molar-refractivity contribution is 0.280. The van der Waals surface area contributed by atoms with E-state index < -0.39 is 7.32 Å². The lowest BCUT2D eigenvalue weighted by atomic mass is 10.2. The first kappa shape index (κ1) is 6.32. The van der Waals surface area contributed by atoms with Gasteiger partial charge < -0.3 is 14.7 Å². The molecule has 0 aliphatic carbocycles. The van der Waals surface area contributed by atoms with E-state index in [-0.39, 0.29) is 0 Å². The van der Waals surface area contributed by atoms with Gasteiger partial charge >= 0.3 is 7.32 Å². The topological polar surface area (TPSA) is 62.0 Å². The van der Waals surface area contributed by atoms with Crippen LogP contribution in [0.2, 0.25) is 0 Å². The summed E-state index contributed by atoms with van der Waals surface area (Å²) in [4.78, 5) is 3.67. The second-order valence-electron chi connectivity index (χ2n) is 1.56. The monoisotopic (exact) mass is 127 g/mol. The average Bonchev–Trinajstić information content (AvgIpc) is 2.15. The highest BCUT2D eigenvalue weighted by Crippen LogP contribution is 2.00. The summed E-state index contributed by atoms with van der Waals surface area (Å²) >= 11 is 0. The number of hydrogen-bond acceptors (Lipinski definition) is 4. The van der Waals surface area contributed by atoms with Gasteiger partial charge in [0.05, 0.1) is 0 Å². The Hall–Kier alpha value is -0.805. The third-order valence-electron chi connectivity index (χ3n) is 0.858. The molecule has 0 spiro atoms. The molecule has 0 fully saturated rings. The van der Waals surface area contributed by atoms with Crippen LogP contribution in [0.4, 0.5) is 0 Å². The highest BCUT2D eigenvalue weighted by atomic mass is 16.6. The largest absolute Gasteiger partial charge is 0.708 e. The molecular formula is C4H6BNO3. The molecule has 48 valence electrons. The van der Waals surface area contributed by atoms with E-state index in [0.29, 0.717) is 12.3 Å². The van der Waals surface area contributed by atoms with E-state index >= 15 is 0 Å². The van der Waals surface area contributed by atoms with Crippen LogP contribution in [0.3, 0.4) is 0 Å². The second kappa shape index (κ2) is 2.66. The van der Waals surface area contributed by atoms with Crippen molar-refractivity contribution in [2.75, 3.05) is 0 Å². The Morgan fingerprint density at radius 1 is 1.67 bits per heavy atom. The Balaban J connectivity index is 2.30. The Bertz CT molecular complexity index is 154. The number of rotatable bonds is 1. The van der Waals surface area contributed by atoms with Crippen molar-refractivity contribution < 1.29 is 14.7 Å². The van der Waals surface area contributed by atoms with Crippen LogP contribution in [0.5, 0.6) is 0 Å². The van der Waals surface area contributed by atoms with Gasteiger partial charge in [0.25, 0.3) is 0 Å². The van der Waals surface area contributed by atoms with Crippen LogP contribution >= 0.6 is 0 Å². The summed E-state index contributed by atoms with van der Waals surface area (Å²) in [6.45, 7) is 0. The van der Waals surface area contributed by atoms with Crippen molar-refractivity contribution in [1.82, 2.24) is 0 Å². The van der Waals surface area contributed by atoms with Gasteiger partial charge in [-0.1, -0.05) is 6.08 Å². The summed E-state index contributed by atoms with van der Waals surface area (Å²) in [7, 11) is -1.75. The van der Waals surface area contributed by atoms with Crippen molar-refractivity contribution in [2.45, 2.75) is 6.42 Å². The molecule has 4 nitrogen and oxygen atoms in total. The molecule has 1 rings (SSSR count). The zero-order chi connectivity index (χ0) is 6.69. The maximum absolute atomic E-state index is 8.24. The Morgan fingerprint density at radius 3 is 2.89 bits per heavy atom. The third-order valence-corrected chi connectivity index (χ3v) is 0.858. The second-order valence-corrected chi connectivity index (χ2v) is 1.56. The molecular weight excluding hydrogens is 121 g/mol. The van der Waals surface area contributed by atoms with E-state index in [4.69, 9.17) is 10.0 Å². The highest BCUT2D eigenvalue weighted by Gasteiger charge is 2.14. The Kier molecular flexibility index (Phi) is 1.86. The van der Waals surface area contributed by atoms with Crippen LogP contribution in [0.15, 0.2) is 17.3 Å². The van der Waals surface area contributed by atoms with Gasteiger partial charge in [-0.3, -0.25) is 0 Å².